The maximum atomic E-state index is 13.1. The normalized spacial score (nSPS) is 33.2. The van der Waals surface area contributed by atoms with Gasteiger partial charge >= 0.3 is 0 Å². The lowest BCUT2D eigenvalue weighted by atomic mass is 9.73. The smallest absolute Gasteiger partial charge is 0.237 e. The average molecular weight is 396 g/mol. The number of fused-ring (bicyclic) bond motifs is 5. The number of carbonyl (C=O) groups is 2. The van der Waals surface area contributed by atoms with Crippen molar-refractivity contribution in [2.45, 2.75) is 18.8 Å². The number of hydrogen-bond acceptors (Lipinski definition) is 2. The molecular weight excluding hydrogens is 378 g/mol. The predicted molar refractivity (Wildman–Crippen MR) is 99.0 cm³/mol. The predicted octanol–water partition coefficient (Wildman–Crippen LogP) is 4.38. The molecule has 0 unspecified atom stereocenters. The van der Waals surface area contributed by atoms with Gasteiger partial charge in [0.05, 0.1) is 17.5 Å². The number of hydrogen-bond donors (Lipinski definition) is 0. The minimum atomic E-state index is -0.139. The molecule has 3 aliphatic rings. The van der Waals surface area contributed by atoms with E-state index in [1.807, 2.05) is 30.3 Å². The number of halogens is 1. The lowest BCUT2D eigenvalue weighted by Crippen LogP contribution is -2.32. The molecule has 2 aromatic carbocycles. The van der Waals surface area contributed by atoms with Crippen LogP contribution in [0.1, 0.15) is 24.3 Å². The molecule has 2 aliphatic carbocycles. The topological polar surface area (TPSA) is 37.4 Å². The summed E-state index contributed by atoms with van der Waals surface area (Å²) in [5.41, 5.74) is 2.01. The van der Waals surface area contributed by atoms with Crippen molar-refractivity contribution in [3.05, 3.63) is 64.6 Å². The van der Waals surface area contributed by atoms with Crippen LogP contribution in [0.25, 0.3) is 0 Å². The Hall–Kier alpha value is -1.94. The summed E-state index contributed by atoms with van der Waals surface area (Å²) >= 11 is 3.41. The van der Waals surface area contributed by atoms with Gasteiger partial charge < -0.3 is 0 Å². The van der Waals surface area contributed by atoms with E-state index in [0.29, 0.717) is 23.4 Å². The highest BCUT2D eigenvalue weighted by molar-refractivity contribution is 9.10. The Morgan fingerprint density at radius 3 is 2.24 bits per heavy atom. The highest BCUT2D eigenvalue weighted by Gasteiger charge is 2.64. The van der Waals surface area contributed by atoms with Crippen LogP contribution in [0.3, 0.4) is 0 Å². The van der Waals surface area contributed by atoms with Gasteiger partial charge in [-0.3, -0.25) is 14.5 Å². The van der Waals surface area contributed by atoms with E-state index in [1.54, 1.807) is 0 Å². The van der Waals surface area contributed by atoms with Crippen molar-refractivity contribution in [3.63, 3.8) is 0 Å². The summed E-state index contributed by atoms with van der Waals surface area (Å²) in [5.74, 6) is 0.823. The Morgan fingerprint density at radius 1 is 0.840 bits per heavy atom. The Morgan fingerprint density at radius 2 is 1.52 bits per heavy atom. The number of imide groups is 1. The Kier molecular flexibility index (Phi) is 3.39. The SMILES string of the molecule is O=C1[C@@H]2[C@@H]3C[C@@H]([C@@H]2C(=O)N1c1ccc(Br)cc1)[C@@H](c1ccccc1)C3. The first-order valence-corrected chi connectivity index (χ1v) is 9.63. The van der Waals surface area contributed by atoms with Gasteiger partial charge in [0.1, 0.15) is 0 Å². The lowest BCUT2D eigenvalue weighted by Gasteiger charge is -2.28. The second-order valence-electron chi connectivity index (χ2n) is 7.45. The van der Waals surface area contributed by atoms with Crippen LogP contribution in [0, 0.1) is 23.7 Å². The van der Waals surface area contributed by atoms with Gasteiger partial charge in [-0.2, -0.15) is 0 Å². The second-order valence-corrected chi connectivity index (χ2v) is 8.37. The van der Waals surface area contributed by atoms with Crippen LogP contribution in [0.4, 0.5) is 5.69 Å². The minimum Gasteiger partial charge on any atom is -0.274 e. The van der Waals surface area contributed by atoms with Gasteiger partial charge in [0, 0.05) is 4.47 Å². The van der Waals surface area contributed by atoms with E-state index in [9.17, 15) is 9.59 Å². The van der Waals surface area contributed by atoms with Crippen molar-refractivity contribution in [2.75, 3.05) is 4.90 Å². The van der Waals surface area contributed by atoms with Crippen LogP contribution in [0.2, 0.25) is 0 Å². The fourth-order valence-corrected chi connectivity index (χ4v) is 5.65. The molecule has 5 atom stereocenters. The zero-order valence-corrected chi connectivity index (χ0v) is 15.2. The maximum Gasteiger partial charge on any atom is 0.237 e. The molecule has 2 amide bonds. The second kappa shape index (κ2) is 5.53. The van der Waals surface area contributed by atoms with Gasteiger partial charge in [0.2, 0.25) is 11.8 Å². The fraction of sp³-hybridized carbons (Fsp3) is 0.333. The molecular formula is C21H18BrNO2. The van der Waals surface area contributed by atoms with Crippen molar-refractivity contribution in [1.29, 1.82) is 0 Å². The number of amides is 2. The number of anilines is 1. The average Bonchev–Trinajstić information content (AvgIpc) is 3.29. The van der Waals surface area contributed by atoms with Crippen LogP contribution >= 0.6 is 15.9 Å². The fourth-order valence-electron chi connectivity index (χ4n) is 5.39. The summed E-state index contributed by atoms with van der Waals surface area (Å²) in [6.07, 6.45) is 2.05. The quantitative estimate of drug-likeness (QED) is 0.707. The molecule has 25 heavy (non-hydrogen) atoms. The van der Waals surface area contributed by atoms with Crippen molar-refractivity contribution >= 4 is 33.4 Å². The van der Waals surface area contributed by atoms with Crippen molar-refractivity contribution in [3.8, 4) is 0 Å². The summed E-state index contributed by atoms with van der Waals surface area (Å²) in [4.78, 5) is 27.6. The van der Waals surface area contributed by atoms with E-state index in [1.165, 1.54) is 10.5 Å². The Bertz CT molecular complexity index is 848. The van der Waals surface area contributed by atoms with Crippen molar-refractivity contribution < 1.29 is 9.59 Å². The molecule has 5 rings (SSSR count). The van der Waals surface area contributed by atoms with Gasteiger partial charge in [-0.15, -0.1) is 0 Å². The third-order valence-electron chi connectivity index (χ3n) is 6.33. The molecule has 4 heteroatoms. The first-order valence-electron chi connectivity index (χ1n) is 8.83. The molecule has 0 aromatic heterocycles. The first-order chi connectivity index (χ1) is 12.1. The Balaban J connectivity index is 1.49. The standard InChI is InChI=1S/C21H18BrNO2/c22-14-6-8-15(9-7-14)23-20(24)18-13-10-16(12-4-2-1-3-5-12)17(11-13)19(18)21(23)25/h1-9,13,16-19H,10-11H2/t13-,16+,17+,18+,19-/m0/s1. The zero-order chi connectivity index (χ0) is 17.1. The van der Waals surface area contributed by atoms with Gasteiger partial charge in [0.25, 0.3) is 0 Å². The summed E-state index contributed by atoms with van der Waals surface area (Å²) in [7, 11) is 0. The number of rotatable bonds is 2. The summed E-state index contributed by atoms with van der Waals surface area (Å²) < 4.78 is 0.944. The largest absolute Gasteiger partial charge is 0.274 e. The molecule has 1 aliphatic heterocycles. The van der Waals surface area contributed by atoms with Gasteiger partial charge in [0.15, 0.2) is 0 Å². The molecule has 3 nitrogen and oxygen atoms in total. The minimum absolute atomic E-state index is 0.00505. The maximum absolute atomic E-state index is 13.1. The molecule has 2 aromatic rings. The molecule has 126 valence electrons. The highest BCUT2D eigenvalue weighted by Crippen LogP contribution is 2.61. The van der Waals surface area contributed by atoms with E-state index in [4.69, 9.17) is 0 Å². The van der Waals surface area contributed by atoms with E-state index in [0.717, 1.165) is 17.3 Å². The van der Waals surface area contributed by atoms with Crippen LogP contribution in [-0.2, 0) is 9.59 Å². The van der Waals surface area contributed by atoms with Crippen LogP contribution in [0.15, 0.2) is 59.1 Å². The third kappa shape index (κ3) is 2.16. The van der Waals surface area contributed by atoms with E-state index in [-0.39, 0.29) is 23.7 Å². The zero-order valence-electron chi connectivity index (χ0n) is 13.6. The Labute approximate surface area is 155 Å². The van der Waals surface area contributed by atoms with Gasteiger partial charge in [-0.25, -0.2) is 0 Å². The molecule has 0 N–H and O–H groups in total. The third-order valence-corrected chi connectivity index (χ3v) is 6.86. The molecule has 2 bridgehead atoms. The van der Waals surface area contributed by atoms with Crippen LogP contribution in [0.5, 0.6) is 0 Å². The van der Waals surface area contributed by atoms with Crippen molar-refractivity contribution in [2.24, 2.45) is 23.7 Å². The lowest BCUT2D eigenvalue weighted by molar-refractivity contribution is -0.123. The molecule has 2 saturated carbocycles. The molecule has 1 heterocycles. The van der Waals surface area contributed by atoms with Gasteiger partial charge in [-0.05, 0) is 60.4 Å². The van der Waals surface area contributed by atoms with Crippen LogP contribution in [-0.4, -0.2) is 11.8 Å². The molecule has 0 spiro atoms. The monoisotopic (exact) mass is 395 g/mol. The molecule has 3 fully saturated rings. The highest BCUT2D eigenvalue weighted by atomic mass is 79.9. The van der Waals surface area contributed by atoms with Gasteiger partial charge in [-0.1, -0.05) is 46.3 Å². The number of nitrogens with zero attached hydrogens (tertiary/aromatic N) is 1. The van der Waals surface area contributed by atoms with E-state index in [2.05, 4.69) is 40.2 Å². The first kappa shape index (κ1) is 15.3. The van der Waals surface area contributed by atoms with Crippen LogP contribution < -0.4 is 4.90 Å². The molecule has 1 saturated heterocycles. The molecule has 0 radical (unpaired) electrons. The van der Waals surface area contributed by atoms with Crippen molar-refractivity contribution in [1.82, 2.24) is 0 Å². The number of carbonyl (C=O) groups excluding carboxylic acids is 2. The summed E-state index contributed by atoms with van der Waals surface area (Å²) in [5, 5.41) is 0. The summed E-state index contributed by atoms with van der Waals surface area (Å²) in [6.45, 7) is 0. The van der Waals surface area contributed by atoms with E-state index >= 15 is 0 Å². The van der Waals surface area contributed by atoms with E-state index < -0.39 is 0 Å². The number of benzene rings is 2. The summed E-state index contributed by atoms with van der Waals surface area (Å²) in [6, 6.07) is 17.9.